The lowest BCUT2D eigenvalue weighted by Crippen LogP contribution is -1.99. The van der Waals surface area contributed by atoms with Crippen LogP contribution in [0.15, 0.2) is 24.5 Å². The minimum absolute atomic E-state index is 0.362. The topological polar surface area (TPSA) is 39.2 Å². The molecule has 0 amide bonds. The molecule has 0 radical (unpaired) electrons. The van der Waals surface area contributed by atoms with E-state index in [9.17, 15) is 4.79 Å². The smallest absolute Gasteiger partial charge is 0.384 e. The molecule has 0 spiro atoms. The van der Waals surface area contributed by atoms with E-state index >= 15 is 0 Å². The number of hydrogen-bond donors (Lipinski definition) is 0. The first-order valence-electron chi connectivity index (χ1n) is 4.37. The van der Waals surface area contributed by atoms with Crippen LogP contribution in [0.5, 0.6) is 0 Å². The maximum atomic E-state index is 10.8. The molecular formula is C11H11NO2. The van der Waals surface area contributed by atoms with Crippen LogP contribution >= 0.6 is 0 Å². The van der Waals surface area contributed by atoms with E-state index in [1.54, 1.807) is 19.3 Å². The molecule has 1 aromatic rings. The first-order chi connectivity index (χ1) is 6.83. The van der Waals surface area contributed by atoms with Crippen molar-refractivity contribution >= 4 is 5.97 Å². The van der Waals surface area contributed by atoms with Gasteiger partial charge in [-0.15, -0.1) is 0 Å². The highest BCUT2D eigenvalue weighted by Crippen LogP contribution is 1.94. The fourth-order valence-corrected chi connectivity index (χ4v) is 0.888. The standard InChI is InChI=1S/C11H11NO2/c1-2-14-11(13)7-3-5-10-6-4-8-12-9-10/h4,6,8-9H,2,5H2,1H3. The molecule has 0 unspecified atom stereocenters. The lowest BCUT2D eigenvalue weighted by atomic mass is 10.2. The normalized spacial score (nSPS) is 8.64. The summed E-state index contributed by atoms with van der Waals surface area (Å²) in [5, 5.41) is 0. The molecule has 1 rings (SSSR count). The summed E-state index contributed by atoms with van der Waals surface area (Å²) in [5.41, 5.74) is 0.990. The van der Waals surface area contributed by atoms with Crippen molar-refractivity contribution in [2.24, 2.45) is 0 Å². The molecule has 0 fully saturated rings. The van der Waals surface area contributed by atoms with Gasteiger partial charge in [-0.2, -0.15) is 0 Å². The first-order valence-corrected chi connectivity index (χ1v) is 4.37. The van der Waals surface area contributed by atoms with Crippen molar-refractivity contribution < 1.29 is 9.53 Å². The second kappa shape index (κ2) is 5.76. The van der Waals surface area contributed by atoms with Crippen molar-refractivity contribution in [2.75, 3.05) is 6.61 Å². The summed E-state index contributed by atoms with van der Waals surface area (Å²) in [7, 11) is 0. The predicted octanol–water partition coefficient (Wildman–Crippen LogP) is 1.19. The van der Waals surface area contributed by atoms with Crippen LogP contribution in [0.4, 0.5) is 0 Å². The zero-order valence-electron chi connectivity index (χ0n) is 7.99. The molecule has 72 valence electrons. The van der Waals surface area contributed by atoms with Gasteiger partial charge >= 0.3 is 5.97 Å². The van der Waals surface area contributed by atoms with Gasteiger partial charge in [0.15, 0.2) is 0 Å². The molecule has 1 aromatic heterocycles. The van der Waals surface area contributed by atoms with Gasteiger partial charge in [0.25, 0.3) is 0 Å². The minimum atomic E-state index is -0.476. The first kappa shape index (κ1) is 10.3. The summed E-state index contributed by atoms with van der Waals surface area (Å²) in [4.78, 5) is 14.8. The number of nitrogens with zero attached hydrogens (tertiary/aromatic N) is 1. The third-order valence-corrected chi connectivity index (χ3v) is 1.48. The Kier molecular flexibility index (Phi) is 4.22. The van der Waals surface area contributed by atoms with Crippen LogP contribution in [-0.2, 0) is 16.0 Å². The van der Waals surface area contributed by atoms with Crippen LogP contribution in [-0.4, -0.2) is 17.6 Å². The van der Waals surface area contributed by atoms with Crippen LogP contribution in [0.1, 0.15) is 12.5 Å². The highest BCUT2D eigenvalue weighted by Gasteiger charge is 1.92. The molecule has 0 saturated heterocycles. The zero-order chi connectivity index (χ0) is 10.2. The maximum Gasteiger partial charge on any atom is 0.384 e. The van der Waals surface area contributed by atoms with Gasteiger partial charge in [-0.25, -0.2) is 4.79 Å². The number of pyridine rings is 1. The van der Waals surface area contributed by atoms with Gasteiger partial charge in [0.2, 0.25) is 0 Å². The van der Waals surface area contributed by atoms with Crippen molar-refractivity contribution in [3.8, 4) is 11.8 Å². The third-order valence-electron chi connectivity index (χ3n) is 1.48. The third kappa shape index (κ3) is 3.72. The van der Waals surface area contributed by atoms with Gasteiger partial charge in [0, 0.05) is 24.7 Å². The van der Waals surface area contributed by atoms with E-state index in [0.717, 1.165) is 5.56 Å². The molecule has 0 aliphatic carbocycles. The number of rotatable bonds is 2. The Bertz CT molecular complexity index is 349. The fraction of sp³-hybridized carbons (Fsp3) is 0.273. The summed E-state index contributed by atoms with van der Waals surface area (Å²) in [5.74, 6) is 4.64. The van der Waals surface area contributed by atoms with Crippen LogP contribution in [0.25, 0.3) is 0 Å². The Balaban J connectivity index is 2.44. The lowest BCUT2D eigenvalue weighted by Gasteiger charge is -1.92. The number of esters is 1. The monoisotopic (exact) mass is 189 g/mol. The van der Waals surface area contributed by atoms with Crippen LogP contribution in [0, 0.1) is 11.8 Å². The van der Waals surface area contributed by atoms with E-state index in [4.69, 9.17) is 0 Å². The number of aromatic nitrogens is 1. The number of carbonyl (C=O) groups excluding carboxylic acids is 1. The van der Waals surface area contributed by atoms with Crippen molar-refractivity contribution in [3.05, 3.63) is 30.1 Å². The van der Waals surface area contributed by atoms with E-state index in [1.807, 2.05) is 12.1 Å². The second-order valence-corrected chi connectivity index (χ2v) is 2.56. The van der Waals surface area contributed by atoms with Gasteiger partial charge in [-0.1, -0.05) is 12.0 Å². The molecule has 0 atom stereocenters. The highest BCUT2D eigenvalue weighted by atomic mass is 16.5. The minimum Gasteiger partial charge on any atom is -0.456 e. The molecule has 0 N–H and O–H groups in total. The Morgan fingerprint density at radius 1 is 1.64 bits per heavy atom. The Morgan fingerprint density at radius 2 is 2.50 bits per heavy atom. The molecule has 0 bridgehead atoms. The Morgan fingerprint density at radius 3 is 3.14 bits per heavy atom. The summed E-state index contributed by atoms with van der Waals surface area (Å²) < 4.78 is 4.65. The van der Waals surface area contributed by atoms with E-state index in [0.29, 0.717) is 13.0 Å². The molecule has 3 nitrogen and oxygen atoms in total. The molecule has 0 aliphatic heterocycles. The molecule has 3 heteroatoms. The fourth-order valence-electron chi connectivity index (χ4n) is 0.888. The summed E-state index contributed by atoms with van der Waals surface area (Å²) >= 11 is 0. The Labute approximate surface area is 83.1 Å². The molecule has 0 saturated carbocycles. The highest BCUT2D eigenvalue weighted by molar-refractivity contribution is 5.88. The Hall–Kier alpha value is -1.82. The van der Waals surface area contributed by atoms with E-state index in [-0.39, 0.29) is 0 Å². The van der Waals surface area contributed by atoms with Gasteiger partial charge in [-0.05, 0) is 18.6 Å². The average Bonchev–Trinajstić information content (AvgIpc) is 2.20. The van der Waals surface area contributed by atoms with Crippen molar-refractivity contribution in [3.63, 3.8) is 0 Å². The molecular weight excluding hydrogens is 178 g/mol. The largest absolute Gasteiger partial charge is 0.456 e. The molecule has 0 aromatic carbocycles. The van der Waals surface area contributed by atoms with Crippen molar-refractivity contribution in [2.45, 2.75) is 13.3 Å². The van der Waals surface area contributed by atoms with Gasteiger partial charge in [0.05, 0.1) is 6.61 Å². The summed E-state index contributed by atoms with van der Waals surface area (Å²) in [6.45, 7) is 2.11. The summed E-state index contributed by atoms with van der Waals surface area (Å²) in [6.07, 6.45) is 3.94. The lowest BCUT2D eigenvalue weighted by molar-refractivity contribution is -0.136. The summed E-state index contributed by atoms with van der Waals surface area (Å²) in [6, 6.07) is 3.74. The van der Waals surface area contributed by atoms with Gasteiger partial charge in [0.1, 0.15) is 0 Å². The van der Waals surface area contributed by atoms with E-state index < -0.39 is 5.97 Å². The number of hydrogen-bond acceptors (Lipinski definition) is 3. The predicted molar refractivity (Wildman–Crippen MR) is 52.4 cm³/mol. The number of carbonyl (C=O) groups is 1. The van der Waals surface area contributed by atoms with Gasteiger partial charge in [-0.3, -0.25) is 4.98 Å². The van der Waals surface area contributed by atoms with Crippen LogP contribution < -0.4 is 0 Å². The van der Waals surface area contributed by atoms with Crippen molar-refractivity contribution in [1.82, 2.24) is 4.98 Å². The van der Waals surface area contributed by atoms with Crippen molar-refractivity contribution in [1.29, 1.82) is 0 Å². The van der Waals surface area contributed by atoms with E-state index in [1.165, 1.54) is 0 Å². The average molecular weight is 189 g/mol. The molecule has 0 aliphatic rings. The zero-order valence-corrected chi connectivity index (χ0v) is 7.99. The van der Waals surface area contributed by atoms with E-state index in [2.05, 4.69) is 21.6 Å². The van der Waals surface area contributed by atoms with Gasteiger partial charge < -0.3 is 4.74 Å². The quantitative estimate of drug-likeness (QED) is 0.398. The maximum absolute atomic E-state index is 10.8. The molecule has 14 heavy (non-hydrogen) atoms. The SMILES string of the molecule is CCOC(=O)C#CCc1cccnc1. The molecule has 1 heterocycles. The van der Waals surface area contributed by atoms with Crippen LogP contribution in [0.3, 0.4) is 0 Å². The second-order valence-electron chi connectivity index (χ2n) is 2.56. The number of ether oxygens (including phenoxy) is 1. The van der Waals surface area contributed by atoms with Crippen LogP contribution in [0.2, 0.25) is 0 Å².